The number of hydrogen-bond acceptors (Lipinski definition) is 6. The standard InChI is InChI=1S/C31H22N2O4/c32-20-22-7-11-24(12-8-22)25-15-17-28(18-16-25)36-30(34)5-2-6-31(35)37-29-4-1-3-27(19-29)26-13-9-23(21-33)10-14-26/h1,3-4,7-19H,2,5-6H2. The zero-order valence-corrected chi connectivity index (χ0v) is 19.9. The second kappa shape index (κ2) is 12.0. The third-order valence-electron chi connectivity index (χ3n) is 5.61. The van der Waals surface area contributed by atoms with Gasteiger partial charge in [-0.25, -0.2) is 0 Å². The zero-order valence-electron chi connectivity index (χ0n) is 19.9. The summed E-state index contributed by atoms with van der Waals surface area (Å²) in [7, 11) is 0. The molecule has 6 nitrogen and oxygen atoms in total. The van der Waals surface area contributed by atoms with Crippen LogP contribution in [0.1, 0.15) is 30.4 Å². The monoisotopic (exact) mass is 486 g/mol. The van der Waals surface area contributed by atoms with Crippen LogP contribution in [0.3, 0.4) is 0 Å². The lowest BCUT2D eigenvalue weighted by molar-refractivity contribution is -0.136. The molecule has 4 rings (SSSR count). The highest BCUT2D eigenvalue weighted by molar-refractivity contribution is 5.76. The maximum Gasteiger partial charge on any atom is 0.311 e. The highest BCUT2D eigenvalue weighted by Gasteiger charge is 2.10. The predicted molar refractivity (Wildman–Crippen MR) is 138 cm³/mol. The van der Waals surface area contributed by atoms with Crippen molar-refractivity contribution in [3.05, 3.63) is 108 Å². The van der Waals surface area contributed by atoms with Crippen molar-refractivity contribution in [1.29, 1.82) is 10.5 Å². The van der Waals surface area contributed by atoms with E-state index in [4.69, 9.17) is 20.0 Å². The molecule has 0 spiro atoms. The van der Waals surface area contributed by atoms with E-state index in [0.29, 0.717) is 29.0 Å². The van der Waals surface area contributed by atoms with Crippen LogP contribution in [-0.2, 0) is 9.59 Å². The van der Waals surface area contributed by atoms with Gasteiger partial charge in [0.05, 0.1) is 23.3 Å². The molecule has 180 valence electrons. The minimum absolute atomic E-state index is 0.0772. The van der Waals surface area contributed by atoms with Crippen molar-refractivity contribution >= 4 is 11.9 Å². The first-order chi connectivity index (χ1) is 18.0. The number of rotatable bonds is 8. The molecule has 6 heteroatoms. The average molecular weight is 487 g/mol. The maximum absolute atomic E-state index is 12.3. The van der Waals surface area contributed by atoms with Gasteiger partial charge in [0, 0.05) is 12.8 Å². The van der Waals surface area contributed by atoms with Crippen molar-refractivity contribution in [2.24, 2.45) is 0 Å². The van der Waals surface area contributed by atoms with Gasteiger partial charge in [-0.15, -0.1) is 0 Å². The third kappa shape index (κ3) is 6.91. The Kier molecular flexibility index (Phi) is 8.06. The van der Waals surface area contributed by atoms with Crippen LogP contribution in [0.2, 0.25) is 0 Å². The molecule has 37 heavy (non-hydrogen) atoms. The molecule has 4 aromatic carbocycles. The molecule has 0 atom stereocenters. The van der Waals surface area contributed by atoms with Crippen LogP contribution in [0.5, 0.6) is 11.5 Å². The molecule has 0 radical (unpaired) electrons. The van der Waals surface area contributed by atoms with E-state index in [2.05, 4.69) is 12.1 Å². The predicted octanol–water partition coefficient (Wildman–Crippen LogP) is 6.45. The second-order valence-corrected chi connectivity index (χ2v) is 8.23. The molecule has 0 aromatic heterocycles. The fourth-order valence-electron chi connectivity index (χ4n) is 3.67. The summed E-state index contributed by atoms with van der Waals surface area (Å²) >= 11 is 0. The van der Waals surface area contributed by atoms with Crippen LogP contribution in [0.25, 0.3) is 22.3 Å². The smallest absolute Gasteiger partial charge is 0.311 e. The summed E-state index contributed by atoms with van der Waals surface area (Å²) in [4.78, 5) is 24.5. The van der Waals surface area contributed by atoms with Crippen LogP contribution in [0.15, 0.2) is 97.1 Å². The van der Waals surface area contributed by atoms with E-state index < -0.39 is 11.9 Å². The number of carbonyl (C=O) groups excluding carboxylic acids is 2. The maximum atomic E-state index is 12.3. The van der Waals surface area contributed by atoms with Crippen molar-refractivity contribution in [3.8, 4) is 45.9 Å². The molecule has 0 saturated carbocycles. The summed E-state index contributed by atoms with van der Waals surface area (Å²) in [5.74, 6) is -0.0281. The molecule has 0 amide bonds. The van der Waals surface area contributed by atoms with Crippen molar-refractivity contribution < 1.29 is 19.1 Å². The Hall–Kier alpha value is -5.20. The summed E-state index contributed by atoms with van der Waals surface area (Å²) in [5, 5.41) is 17.8. The number of nitrogens with zero attached hydrogens (tertiary/aromatic N) is 2. The van der Waals surface area contributed by atoms with Gasteiger partial charge in [-0.2, -0.15) is 10.5 Å². The van der Waals surface area contributed by atoms with E-state index in [1.165, 1.54) is 0 Å². The number of esters is 2. The molecule has 0 heterocycles. The van der Waals surface area contributed by atoms with Crippen molar-refractivity contribution in [1.82, 2.24) is 0 Å². The van der Waals surface area contributed by atoms with E-state index in [9.17, 15) is 9.59 Å². The van der Waals surface area contributed by atoms with E-state index >= 15 is 0 Å². The molecule has 4 aromatic rings. The summed E-state index contributed by atoms with van der Waals surface area (Å²) < 4.78 is 10.8. The van der Waals surface area contributed by atoms with Gasteiger partial charge in [0.1, 0.15) is 11.5 Å². The Morgan fingerprint density at radius 1 is 0.568 bits per heavy atom. The van der Waals surface area contributed by atoms with Crippen LogP contribution in [0, 0.1) is 22.7 Å². The van der Waals surface area contributed by atoms with Gasteiger partial charge in [-0.3, -0.25) is 9.59 Å². The van der Waals surface area contributed by atoms with E-state index in [-0.39, 0.29) is 12.8 Å². The molecular weight excluding hydrogens is 464 g/mol. The number of nitriles is 2. The second-order valence-electron chi connectivity index (χ2n) is 8.23. The highest BCUT2D eigenvalue weighted by Crippen LogP contribution is 2.25. The van der Waals surface area contributed by atoms with Crippen LogP contribution >= 0.6 is 0 Å². The first kappa shape index (κ1) is 24.9. The fraction of sp³-hybridized carbons (Fsp3) is 0.0968. The van der Waals surface area contributed by atoms with E-state index in [0.717, 1.165) is 22.3 Å². The SMILES string of the molecule is N#Cc1ccc(-c2ccc(OC(=O)CCCC(=O)Oc3cccc(-c4ccc(C#N)cc4)c3)cc2)cc1. The molecule has 0 fully saturated rings. The minimum Gasteiger partial charge on any atom is -0.427 e. The normalized spacial score (nSPS) is 10.1. The molecule has 0 aliphatic rings. The lowest BCUT2D eigenvalue weighted by atomic mass is 10.0. The highest BCUT2D eigenvalue weighted by atomic mass is 16.5. The Morgan fingerprint density at radius 2 is 1.03 bits per heavy atom. The number of benzene rings is 4. The van der Waals surface area contributed by atoms with Gasteiger partial charge < -0.3 is 9.47 Å². The summed E-state index contributed by atoms with van der Waals surface area (Å²) in [6, 6.07) is 32.8. The first-order valence-corrected chi connectivity index (χ1v) is 11.7. The number of carbonyl (C=O) groups is 2. The summed E-state index contributed by atoms with van der Waals surface area (Å²) in [6.45, 7) is 0. The van der Waals surface area contributed by atoms with E-state index in [1.807, 2.05) is 42.5 Å². The quantitative estimate of drug-likeness (QED) is 0.210. The molecule has 0 bridgehead atoms. The lowest BCUT2D eigenvalue weighted by Gasteiger charge is -2.08. The van der Waals surface area contributed by atoms with Crippen molar-refractivity contribution in [2.45, 2.75) is 19.3 Å². The van der Waals surface area contributed by atoms with Crippen LogP contribution < -0.4 is 9.47 Å². The molecule has 0 aliphatic carbocycles. The number of hydrogen-bond donors (Lipinski definition) is 0. The topological polar surface area (TPSA) is 100 Å². The molecule has 0 unspecified atom stereocenters. The van der Waals surface area contributed by atoms with Crippen LogP contribution in [0.4, 0.5) is 0 Å². The summed E-state index contributed by atoms with van der Waals surface area (Å²) in [6.07, 6.45) is 0.460. The lowest BCUT2D eigenvalue weighted by Crippen LogP contribution is -2.11. The van der Waals surface area contributed by atoms with Gasteiger partial charge >= 0.3 is 11.9 Å². The molecular formula is C31H22N2O4. The van der Waals surface area contributed by atoms with Crippen LogP contribution in [-0.4, -0.2) is 11.9 Å². The average Bonchev–Trinajstić information content (AvgIpc) is 2.94. The van der Waals surface area contributed by atoms with Gasteiger partial charge in [0.15, 0.2) is 0 Å². The van der Waals surface area contributed by atoms with Gasteiger partial charge in [-0.05, 0) is 77.2 Å². The van der Waals surface area contributed by atoms with Gasteiger partial charge in [-0.1, -0.05) is 48.5 Å². The fourth-order valence-corrected chi connectivity index (χ4v) is 3.67. The molecule has 0 saturated heterocycles. The Balaban J connectivity index is 1.23. The molecule has 0 N–H and O–H groups in total. The van der Waals surface area contributed by atoms with Gasteiger partial charge in [0.2, 0.25) is 0 Å². The molecule has 0 aliphatic heterocycles. The van der Waals surface area contributed by atoms with Crippen molar-refractivity contribution in [2.75, 3.05) is 0 Å². The first-order valence-electron chi connectivity index (χ1n) is 11.7. The largest absolute Gasteiger partial charge is 0.427 e. The number of ether oxygens (including phenoxy) is 2. The van der Waals surface area contributed by atoms with Crippen molar-refractivity contribution in [3.63, 3.8) is 0 Å². The Bertz CT molecular complexity index is 1480. The summed E-state index contributed by atoms with van der Waals surface area (Å²) in [5.41, 5.74) is 4.83. The van der Waals surface area contributed by atoms with Gasteiger partial charge in [0.25, 0.3) is 0 Å². The minimum atomic E-state index is -0.434. The van der Waals surface area contributed by atoms with E-state index in [1.54, 1.807) is 54.6 Å². The third-order valence-corrected chi connectivity index (χ3v) is 5.61. The zero-order chi connectivity index (χ0) is 26.0. The Morgan fingerprint density at radius 3 is 1.54 bits per heavy atom. The Labute approximate surface area is 214 Å².